The van der Waals surface area contributed by atoms with Crippen molar-refractivity contribution in [2.45, 2.75) is 63.8 Å². The molecule has 1 aromatic rings. The van der Waals surface area contributed by atoms with E-state index in [1.54, 1.807) is 12.1 Å². The first-order valence-corrected chi connectivity index (χ1v) is 12.2. The number of ketones is 1. The van der Waals surface area contributed by atoms with Gasteiger partial charge in [0.05, 0.1) is 12.4 Å². The van der Waals surface area contributed by atoms with Gasteiger partial charge in [-0.3, -0.25) is 9.59 Å². The van der Waals surface area contributed by atoms with Crippen LogP contribution in [0.25, 0.3) is 0 Å². The second-order valence-electron chi connectivity index (χ2n) is 11.0. The van der Waals surface area contributed by atoms with Gasteiger partial charge in [-0.05, 0) is 49.5 Å². The molecule has 1 spiro atoms. The fourth-order valence-corrected chi connectivity index (χ4v) is 8.76. The number of carbonyl (C=O) groups is 3. The number of carbonyl (C=O) groups excluding carboxylic acids is 3. The van der Waals surface area contributed by atoms with Gasteiger partial charge in [0, 0.05) is 35.5 Å². The minimum atomic E-state index is -1.50. The Bertz CT molecular complexity index is 1190. The normalized spacial score (nSPS) is 46.3. The van der Waals surface area contributed by atoms with Crippen LogP contribution in [0.4, 0.5) is 4.39 Å². The van der Waals surface area contributed by atoms with Crippen molar-refractivity contribution in [2.24, 2.45) is 28.6 Å². The third-order valence-corrected chi connectivity index (χ3v) is 10.1. The molecule has 2 saturated carbocycles. The maximum absolute atomic E-state index is 15.6. The predicted octanol–water partition coefficient (Wildman–Crippen LogP) is 4.61. The van der Waals surface area contributed by atoms with E-state index in [0.29, 0.717) is 18.4 Å². The van der Waals surface area contributed by atoms with Crippen LogP contribution in [0.3, 0.4) is 0 Å². The molecule has 2 unspecified atom stereocenters. The van der Waals surface area contributed by atoms with Crippen molar-refractivity contribution in [2.75, 3.05) is 0 Å². The highest BCUT2D eigenvalue weighted by atomic mass is 32.1. The number of hydrogen-bond acceptors (Lipinski definition) is 6. The number of esters is 1. The van der Waals surface area contributed by atoms with Crippen LogP contribution >= 0.6 is 12.6 Å². The van der Waals surface area contributed by atoms with E-state index in [-0.39, 0.29) is 54.1 Å². The molecule has 1 aromatic heterocycles. The predicted molar refractivity (Wildman–Crippen MR) is 122 cm³/mol. The molecule has 0 amide bonds. The van der Waals surface area contributed by atoms with Crippen molar-refractivity contribution >= 4 is 29.5 Å². The van der Waals surface area contributed by atoms with Gasteiger partial charge in [-0.1, -0.05) is 19.9 Å². The summed E-state index contributed by atoms with van der Waals surface area (Å²) < 4.78 is 33.3. The molecule has 1 aliphatic heterocycles. The van der Waals surface area contributed by atoms with E-state index in [1.807, 2.05) is 26.8 Å². The highest BCUT2D eigenvalue weighted by Crippen LogP contribution is 2.77. The molecule has 1 saturated heterocycles. The minimum Gasteiger partial charge on any atom is -0.457 e. The van der Waals surface area contributed by atoms with E-state index in [4.69, 9.17) is 13.9 Å². The second kappa shape index (κ2) is 6.72. The van der Waals surface area contributed by atoms with Crippen LogP contribution in [0.2, 0.25) is 0 Å². The van der Waals surface area contributed by atoms with Crippen molar-refractivity contribution in [3.63, 3.8) is 0 Å². The largest absolute Gasteiger partial charge is 0.457 e. The summed E-state index contributed by atoms with van der Waals surface area (Å²) >= 11 is 4.24. The van der Waals surface area contributed by atoms with Gasteiger partial charge in [0.1, 0.15) is 11.4 Å². The molecule has 6 rings (SSSR count). The standard InChI is InChI=1S/C26H27FO6S/c1-13-9-15-16-11-18(27)17-10-14(28)6-7-23(17,2)26(16)20(32-26)12-24(15,3)25(13,22(30)34)33-21(29)19-5-4-8-31-19/h4-8,13,15-16,20H,9-12H2,1-3H3,(H,30,34)/t13-,15?,16?,20+,23+,24+,25+,26-/m1/s1. The Morgan fingerprint density at radius 1 is 1.26 bits per heavy atom. The SMILES string of the molecule is C[C@@H]1CC2C3CC(F)=C4CC(=O)C=C[C@]4(C)[C@@]34O[C@H]4C[C@]2(C)[C@@]1(OC(=O)c1ccco1)C(=O)S. The van der Waals surface area contributed by atoms with E-state index in [0.717, 1.165) is 0 Å². The number of thiol groups is 1. The monoisotopic (exact) mass is 486 g/mol. The first-order valence-electron chi connectivity index (χ1n) is 11.8. The summed E-state index contributed by atoms with van der Waals surface area (Å²) in [6.45, 7) is 5.82. The number of furan rings is 1. The molecule has 0 N–H and O–H groups in total. The summed E-state index contributed by atoms with van der Waals surface area (Å²) in [5.41, 5.74) is -3.12. The van der Waals surface area contributed by atoms with Crippen molar-refractivity contribution in [1.82, 2.24) is 0 Å². The first kappa shape index (κ1) is 22.3. The van der Waals surface area contributed by atoms with E-state index in [1.165, 1.54) is 12.3 Å². The Kier molecular flexibility index (Phi) is 4.41. The maximum Gasteiger partial charge on any atom is 0.375 e. The zero-order valence-electron chi connectivity index (χ0n) is 19.3. The number of rotatable bonds is 3. The molecule has 0 radical (unpaired) electrons. The molecule has 5 aliphatic rings. The lowest BCUT2D eigenvalue weighted by Gasteiger charge is -2.55. The summed E-state index contributed by atoms with van der Waals surface area (Å²) in [6, 6.07) is 3.08. The maximum atomic E-state index is 15.6. The molecule has 4 aliphatic carbocycles. The molecular formula is C26H27FO6S. The summed E-state index contributed by atoms with van der Waals surface area (Å²) in [5, 5.41) is -0.514. The average Bonchev–Trinajstić information content (AvgIpc) is 3.15. The van der Waals surface area contributed by atoms with Gasteiger partial charge < -0.3 is 13.9 Å². The van der Waals surface area contributed by atoms with Crippen LogP contribution < -0.4 is 0 Å². The lowest BCUT2D eigenvalue weighted by atomic mass is 9.47. The smallest absolute Gasteiger partial charge is 0.375 e. The van der Waals surface area contributed by atoms with Crippen molar-refractivity contribution in [1.29, 1.82) is 0 Å². The molecular weight excluding hydrogens is 459 g/mol. The number of ether oxygens (including phenoxy) is 2. The fourth-order valence-electron chi connectivity index (χ4n) is 8.24. The number of halogens is 1. The molecule has 0 bridgehead atoms. The zero-order chi connectivity index (χ0) is 24.3. The molecule has 0 aromatic carbocycles. The van der Waals surface area contributed by atoms with E-state index < -0.39 is 33.1 Å². The average molecular weight is 487 g/mol. The van der Waals surface area contributed by atoms with Gasteiger partial charge in [0.25, 0.3) is 0 Å². The summed E-state index contributed by atoms with van der Waals surface area (Å²) in [7, 11) is 0. The first-order chi connectivity index (χ1) is 16.0. The highest BCUT2D eigenvalue weighted by Gasteiger charge is 2.83. The van der Waals surface area contributed by atoms with Crippen LogP contribution in [0.15, 0.2) is 46.4 Å². The van der Waals surface area contributed by atoms with E-state index in [9.17, 15) is 14.4 Å². The van der Waals surface area contributed by atoms with Crippen LogP contribution in [0.5, 0.6) is 0 Å². The van der Waals surface area contributed by atoms with Crippen molar-refractivity contribution < 1.29 is 32.7 Å². The third-order valence-electron chi connectivity index (χ3n) is 9.79. The van der Waals surface area contributed by atoms with Crippen molar-refractivity contribution in [3.05, 3.63) is 47.7 Å². The molecule has 180 valence electrons. The second-order valence-corrected chi connectivity index (χ2v) is 11.5. The van der Waals surface area contributed by atoms with Crippen LogP contribution in [-0.4, -0.2) is 34.2 Å². The minimum absolute atomic E-state index is 0.0156. The molecule has 6 nitrogen and oxygen atoms in total. The summed E-state index contributed by atoms with van der Waals surface area (Å²) in [4.78, 5) is 38.3. The van der Waals surface area contributed by atoms with Gasteiger partial charge in [-0.25, -0.2) is 9.18 Å². The van der Waals surface area contributed by atoms with E-state index in [2.05, 4.69) is 12.6 Å². The Morgan fingerprint density at radius 2 is 2.03 bits per heavy atom. The quantitative estimate of drug-likeness (QED) is 0.381. The van der Waals surface area contributed by atoms with Gasteiger partial charge in [-0.15, -0.1) is 12.6 Å². The Labute approximate surface area is 202 Å². The molecule has 8 atom stereocenters. The van der Waals surface area contributed by atoms with Crippen LogP contribution in [0.1, 0.15) is 57.0 Å². The fraction of sp³-hybridized carbons (Fsp3) is 0.577. The lowest BCUT2D eigenvalue weighted by molar-refractivity contribution is -0.155. The van der Waals surface area contributed by atoms with Crippen molar-refractivity contribution in [3.8, 4) is 0 Å². The topological polar surface area (TPSA) is 86.1 Å². The zero-order valence-corrected chi connectivity index (χ0v) is 20.2. The Hall–Kier alpha value is -2.19. The molecule has 8 heteroatoms. The van der Waals surface area contributed by atoms with Gasteiger partial charge in [-0.2, -0.15) is 0 Å². The Morgan fingerprint density at radius 3 is 2.71 bits per heavy atom. The molecule has 2 heterocycles. The molecule has 3 fully saturated rings. The summed E-state index contributed by atoms with van der Waals surface area (Å²) in [6.07, 6.45) is 5.75. The van der Waals surface area contributed by atoms with Gasteiger partial charge in [0.2, 0.25) is 10.9 Å². The number of epoxide rings is 1. The number of allylic oxidation sites excluding steroid dienone is 2. The lowest BCUT2D eigenvalue weighted by Crippen LogP contribution is -2.62. The number of hydrogen-bond donors (Lipinski definition) is 1. The molecule has 34 heavy (non-hydrogen) atoms. The van der Waals surface area contributed by atoms with Gasteiger partial charge >= 0.3 is 5.97 Å². The van der Waals surface area contributed by atoms with Crippen LogP contribution in [-0.2, 0) is 19.1 Å². The number of fused-ring (bicyclic) bond motifs is 3. The van der Waals surface area contributed by atoms with E-state index >= 15 is 4.39 Å². The Balaban J connectivity index is 1.45. The van der Waals surface area contributed by atoms with Crippen LogP contribution in [0, 0.1) is 28.6 Å². The highest BCUT2D eigenvalue weighted by molar-refractivity contribution is 7.96. The summed E-state index contributed by atoms with van der Waals surface area (Å²) in [5.74, 6) is -1.75. The third kappa shape index (κ3) is 2.39. The van der Waals surface area contributed by atoms with Gasteiger partial charge in [0.15, 0.2) is 11.4 Å².